The van der Waals surface area contributed by atoms with Crippen molar-refractivity contribution < 1.29 is 22.3 Å². The van der Waals surface area contributed by atoms with Crippen LogP contribution in [0.4, 0.5) is 4.39 Å². The van der Waals surface area contributed by atoms with Gasteiger partial charge in [-0.2, -0.15) is 0 Å². The van der Waals surface area contributed by atoms with Crippen molar-refractivity contribution in [2.45, 2.75) is 30.8 Å². The number of unbranched alkanes of at least 4 members (excludes halogenated alkanes) is 1. The summed E-state index contributed by atoms with van der Waals surface area (Å²) in [5, 5.41) is 0. The molecule has 164 valence electrons. The molecule has 2 aromatic rings. The summed E-state index contributed by atoms with van der Waals surface area (Å²) in [5.41, 5.74) is 1.18. The van der Waals surface area contributed by atoms with Gasteiger partial charge in [-0.15, -0.1) is 0 Å². The zero-order valence-electron chi connectivity index (χ0n) is 17.2. The molecule has 1 atom stereocenters. The van der Waals surface area contributed by atoms with Crippen LogP contribution in [0.5, 0.6) is 5.75 Å². The molecule has 6 nitrogen and oxygen atoms in total. The van der Waals surface area contributed by atoms with Gasteiger partial charge in [0.1, 0.15) is 0 Å². The molecule has 0 aliphatic carbocycles. The molecule has 1 aliphatic rings. The number of hydrogen-bond acceptors (Lipinski definition) is 5. The van der Waals surface area contributed by atoms with Crippen molar-refractivity contribution in [1.82, 2.24) is 9.62 Å². The van der Waals surface area contributed by atoms with E-state index in [0.29, 0.717) is 26.2 Å². The van der Waals surface area contributed by atoms with Gasteiger partial charge in [0.15, 0.2) is 11.6 Å². The van der Waals surface area contributed by atoms with E-state index in [1.54, 1.807) is 6.92 Å². The Kier molecular flexibility index (Phi) is 8.21. The van der Waals surface area contributed by atoms with E-state index in [0.717, 1.165) is 32.1 Å². The van der Waals surface area contributed by atoms with Gasteiger partial charge in [0.05, 0.1) is 24.2 Å². The van der Waals surface area contributed by atoms with Crippen LogP contribution < -0.4 is 9.46 Å². The van der Waals surface area contributed by atoms with Gasteiger partial charge in [-0.25, -0.2) is 17.5 Å². The minimum Gasteiger partial charge on any atom is -0.491 e. The minimum absolute atomic E-state index is 0.0516. The maximum Gasteiger partial charge on any atom is 0.240 e. The smallest absolute Gasteiger partial charge is 0.240 e. The molecule has 1 N–H and O–H groups in total. The molecular formula is C22H29FN2O4S. The van der Waals surface area contributed by atoms with E-state index in [9.17, 15) is 12.8 Å². The highest BCUT2D eigenvalue weighted by Gasteiger charge is 2.21. The lowest BCUT2D eigenvalue weighted by Crippen LogP contribution is -2.39. The summed E-state index contributed by atoms with van der Waals surface area (Å²) in [6.45, 7) is 5.65. The summed E-state index contributed by atoms with van der Waals surface area (Å²) in [7, 11) is -3.74. The second-order valence-corrected chi connectivity index (χ2v) is 8.97. The highest BCUT2D eigenvalue weighted by atomic mass is 32.2. The van der Waals surface area contributed by atoms with Crippen LogP contribution in [0, 0.1) is 5.82 Å². The Hall–Kier alpha value is -2.00. The Morgan fingerprint density at radius 3 is 2.73 bits per heavy atom. The number of nitrogens with zero attached hydrogens (tertiary/aromatic N) is 1. The Balaban J connectivity index is 1.42. The molecule has 0 spiro atoms. The van der Waals surface area contributed by atoms with E-state index in [2.05, 4.69) is 21.8 Å². The van der Waals surface area contributed by atoms with Crippen LogP contribution >= 0.6 is 0 Å². The van der Waals surface area contributed by atoms with E-state index in [1.165, 1.54) is 17.7 Å². The van der Waals surface area contributed by atoms with Crippen molar-refractivity contribution in [2.75, 3.05) is 39.4 Å². The highest BCUT2D eigenvalue weighted by Crippen LogP contribution is 2.22. The van der Waals surface area contributed by atoms with Crippen LogP contribution in [0.25, 0.3) is 0 Å². The number of nitrogens with one attached hydrogen (secondary N) is 1. The maximum atomic E-state index is 13.9. The Labute approximate surface area is 178 Å². The van der Waals surface area contributed by atoms with Gasteiger partial charge in [0, 0.05) is 19.6 Å². The van der Waals surface area contributed by atoms with E-state index >= 15 is 0 Å². The number of halogens is 1. The SMILES string of the molecule is CCOc1ccc(S(=O)(=O)NCCCCN2CCO[C@@H](c3ccccc3)C2)cc1F. The lowest BCUT2D eigenvalue weighted by Gasteiger charge is -2.33. The molecule has 2 aromatic carbocycles. The third-order valence-corrected chi connectivity index (χ3v) is 6.49. The average Bonchev–Trinajstić information content (AvgIpc) is 2.76. The summed E-state index contributed by atoms with van der Waals surface area (Å²) in [4.78, 5) is 2.25. The topological polar surface area (TPSA) is 67.9 Å². The first kappa shape index (κ1) is 22.7. The summed E-state index contributed by atoms with van der Waals surface area (Å²) in [6, 6.07) is 13.9. The number of sulfonamides is 1. The monoisotopic (exact) mass is 436 g/mol. The first-order chi connectivity index (χ1) is 14.5. The minimum atomic E-state index is -3.74. The standard InChI is InChI=1S/C22H29FN2O4S/c1-2-28-21-11-10-19(16-20(21)23)30(26,27)24-12-6-7-13-25-14-15-29-22(17-25)18-8-4-3-5-9-18/h3-5,8-11,16,22,24H,2,6-7,12-15,17H2,1H3/t22-/m1/s1. The number of hydrogen-bond donors (Lipinski definition) is 1. The van der Waals surface area contributed by atoms with Crippen LogP contribution in [0.3, 0.4) is 0 Å². The normalized spacial score (nSPS) is 17.7. The lowest BCUT2D eigenvalue weighted by molar-refractivity contribution is -0.0303. The number of morpholine rings is 1. The summed E-state index contributed by atoms with van der Waals surface area (Å²) in [6.07, 6.45) is 1.64. The third kappa shape index (κ3) is 6.25. The van der Waals surface area contributed by atoms with Gasteiger partial charge in [-0.1, -0.05) is 30.3 Å². The quantitative estimate of drug-likeness (QED) is 0.579. The fourth-order valence-electron chi connectivity index (χ4n) is 3.45. The highest BCUT2D eigenvalue weighted by molar-refractivity contribution is 7.89. The Bertz CT molecular complexity index is 909. The predicted octanol–water partition coefficient (Wildman–Crippen LogP) is 3.36. The van der Waals surface area contributed by atoms with Crippen molar-refractivity contribution in [3.63, 3.8) is 0 Å². The molecule has 1 aliphatic heterocycles. The molecule has 1 saturated heterocycles. The van der Waals surface area contributed by atoms with Crippen molar-refractivity contribution in [3.05, 3.63) is 59.9 Å². The first-order valence-corrected chi connectivity index (χ1v) is 11.8. The van der Waals surface area contributed by atoms with E-state index < -0.39 is 15.8 Å². The van der Waals surface area contributed by atoms with Crippen LogP contribution in [0.15, 0.2) is 53.4 Å². The zero-order chi connectivity index (χ0) is 21.4. The largest absolute Gasteiger partial charge is 0.491 e. The third-order valence-electron chi connectivity index (χ3n) is 5.03. The molecule has 0 amide bonds. The van der Waals surface area contributed by atoms with E-state index in [-0.39, 0.29) is 16.7 Å². The zero-order valence-corrected chi connectivity index (χ0v) is 18.0. The van der Waals surface area contributed by atoms with Gasteiger partial charge >= 0.3 is 0 Å². The molecule has 1 fully saturated rings. The van der Waals surface area contributed by atoms with Crippen LogP contribution in [0.2, 0.25) is 0 Å². The van der Waals surface area contributed by atoms with Crippen molar-refractivity contribution in [1.29, 1.82) is 0 Å². The van der Waals surface area contributed by atoms with Gasteiger partial charge in [-0.05, 0) is 50.1 Å². The number of rotatable bonds is 10. The molecule has 8 heteroatoms. The van der Waals surface area contributed by atoms with Crippen molar-refractivity contribution >= 4 is 10.0 Å². The van der Waals surface area contributed by atoms with Crippen LogP contribution in [0.1, 0.15) is 31.4 Å². The van der Waals surface area contributed by atoms with E-state index in [4.69, 9.17) is 9.47 Å². The maximum absolute atomic E-state index is 13.9. The van der Waals surface area contributed by atoms with Crippen molar-refractivity contribution in [3.8, 4) is 5.75 Å². The Morgan fingerprint density at radius 1 is 1.20 bits per heavy atom. The van der Waals surface area contributed by atoms with Gasteiger partial charge < -0.3 is 9.47 Å². The molecule has 0 unspecified atom stereocenters. The van der Waals surface area contributed by atoms with Crippen LogP contribution in [-0.4, -0.2) is 52.7 Å². The molecular weight excluding hydrogens is 407 g/mol. The summed E-state index contributed by atoms with van der Waals surface area (Å²) >= 11 is 0. The van der Waals surface area contributed by atoms with Gasteiger partial charge in [0.25, 0.3) is 0 Å². The molecule has 3 rings (SSSR count). The second kappa shape index (κ2) is 10.9. The summed E-state index contributed by atoms with van der Waals surface area (Å²) in [5.74, 6) is -0.629. The Morgan fingerprint density at radius 2 is 2.00 bits per heavy atom. The van der Waals surface area contributed by atoms with Crippen LogP contribution in [-0.2, 0) is 14.8 Å². The fraction of sp³-hybridized carbons (Fsp3) is 0.455. The van der Waals surface area contributed by atoms with Crippen molar-refractivity contribution in [2.24, 2.45) is 0 Å². The predicted molar refractivity (Wildman–Crippen MR) is 114 cm³/mol. The molecule has 0 aromatic heterocycles. The van der Waals surface area contributed by atoms with E-state index in [1.807, 2.05) is 18.2 Å². The number of ether oxygens (including phenoxy) is 2. The second-order valence-electron chi connectivity index (χ2n) is 7.20. The number of benzene rings is 2. The fourth-order valence-corrected chi connectivity index (χ4v) is 4.53. The molecule has 0 saturated carbocycles. The van der Waals surface area contributed by atoms with Gasteiger partial charge in [0.2, 0.25) is 10.0 Å². The molecule has 1 heterocycles. The van der Waals surface area contributed by atoms with Gasteiger partial charge in [-0.3, -0.25) is 4.90 Å². The molecule has 0 radical (unpaired) electrons. The molecule has 0 bridgehead atoms. The average molecular weight is 437 g/mol. The molecule has 30 heavy (non-hydrogen) atoms. The lowest BCUT2D eigenvalue weighted by atomic mass is 10.1. The first-order valence-electron chi connectivity index (χ1n) is 10.3. The summed E-state index contributed by atoms with van der Waals surface area (Å²) < 4.78 is 52.2.